The molecule has 1 aliphatic heterocycles. The summed E-state index contributed by atoms with van der Waals surface area (Å²) >= 11 is 0. The second kappa shape index (κ2) is 8.21. The fourth-order valence-electron chi connectivity index (χ4n) is 2.64. The standard InChI is InChI=1S/C14H26N2O4/c1-3-10(6-7-15)4-5-13(17)16(2)12-9-20-8-11(12)14(18)19/h10-12H,3-9,15H2,1-2H3,(H,18,19). The third-order valence-corrected chi connectivity index (χ3v) is 4.18. The number of carboxylic acids is 1. The lowest BCUT2D eigenvalue weighted by Gasteiger charge is -2.27. The Morgan fingerprint density at radius 3 is 2.65 bits per heavy atom. The summed E-state index contributed by atoms with van der Waals surface area (Å²) in [4.78, 5) is 24.8. The average Bonchev–Trinajstić information content (AvgIpc) is 2.91. The fourth-order valence-corrected chi connectivity index (χ4v) is 2.64. The van der Waals surface area contributed by atoms with Crippen LogP contribution in [0.4, 0.5) is 0 Å². The summed E-state index contributed by atoms with van der Waals surface area (Å²) in [5, 5.41) is 9.11. The Balaban J connectivity index is 2.48. The molecule has 0 aromatic rings. The lowest BCUT2D eigenvalue weighted by molar-refractivity contribution is -0.144. The first-order valence-electron chi connectivity index (χ1n) is 7.27. The van der Waals surface area contributed by atoms with E-state index in [2.05, 4.69) is 6.92 Å². The fraction of sp³-hybridized carbons (Fsp3) is 0.857. The first kappa shape index (κ1) is 16.9. The van der Waals surface area contributed by atoms with Crippen LogP contribution in [0.5, 0.6) is 0 Å². The summed E-state index contributed by atoms with van der Waals surface area (Å²) in [6, 6.07) is -0.352. The summed E-state index contributed by atoms with van der Waals surface area (Å²) in [6.45, 7) is 3.22. The predicted octanol–water partition coefficient (Wildman–Crippen LogP) is 0.700. The van der Waals surface area contributed by atoms with Gasteiger partial charge in [0.2, 0.25) is 5.91 Å². The summed E-state index contributed by atoms with van der Waals surface area (Å²) < 4.78 is 5.20. The van der Waals surface area contributed by atoms with Gasteiger partial charge in [-0.1, -0.05) is 13.3 Å². The molecular weight excluding hydrogens is 260 g/mol. The van der Waals surface area contributed by atoms with Crippen molar-refractivity contribution in [3.63, 3.8) is 0 Å². The molecule has 3 unspecified atom stereocenters. The number of carboxylic acid groups (broad SMARTS) is 1. The maximum atomic E-state index is 12.2. The maximum absolute atomic E-state index is 12.2. The van der Waals surface area contributed by atoms with Crippen LogP contribution < -0.4 is 5.73 Å². The number of aliphatic carboxylic acids is 1. The molecule has 0 saturated carbocycles. The number of nitrogens with two attached hydrogens (primary N) is 1. The predicted molar refractivity (Wildman–Crippen MR) is 75.2 cm³/mol. The van der Waals surface area contributed by atoms with E-state index < -0.39 is 11.9 Å². The largest absolute Gasteiger partial charge is 0.481 e. The molecule has 0 aromatic carbocycles. The molecule has 1 saturated heterocycles. The molecule has 116 valence electrons. The molecule has 0 bridgehead atoms. The quantitative estimate of drug-likeness (QED) is 0.685. The van der Waals surface area contributed by atoms with E-state index in [1.165, 1.54) is 0 Å². The number of likely N-dealkylation sites (N-methyl/N-ethyl adjacent to an activating group) is 1. The second-order valence-electron chi connectivity index (χ2n) is 5.44. The lowest BCUT2D eigenvalue weighted by Crippen LogP contribution is -2.44. The van der Waals surface area contributed by atoms with Gasteiger partial charge in [0, 0.05) is 13.5 Å². The summed E-state index contributed by atoms with van der Waals surface area (Å²) in [5.41, 5.74) is 5.55. The monoisotopic (exact) mass is 286 g/mol. The van der Waals surface area contributed by atoms with Crippen molar-refractivity contribution in [1.82, 2.24) is 4.90 Å². The van der Waals surface area contributed by atoms with Gasteiger partial charge in [-0.05, 0) is 25.3 Å². The van der Waals surface area contributed by atoms with Gasteiger partial charge in [-0.15, -0.1) is 0 Å². The minimum absolute atomic E-state index is 0.0118. The number of hydrogen-bond donors (Lipinski definition) is 2. The maximum Gasteiger partial charge on any atom is 0.311 e. The molecule has 20 heavy (non-hydrogen) atoms. The molecule has 1 rings (SSSR count). The average molecular weight is 286 g/mol. The van der Waals surface area contributed by atoms with Crippen LogP contribution in [-0.2, 0) is 14.3 Å². The number of ether oxygens (including phenoxy) is 1. The smallest absolute Gasteiger partial charge is 0.311 e. The van der Waals surface area contributed by atoms with Gasteiger partial charge < -0.3 is 20.5 Å². The molecule has 6 nitrogen and oxygen atoms in total. The number of carbonyl (C=O) groups is 2. The van der Waals surface area contributed by atoms with Crippen LogP contribution in [0.3, 0.4) is 0 Å². The molecule has 0 radical (unpaired) electrons. The van der Waals surface area contributed by atoms with E-state index in [-0.39, 0.29) is 18.6 Å². The number of nitrogens with zero attached hydrogens (tertiary/aromatic N) is 1. The van der Waals surface area contributed by atoms with Crippen molar-refractivity contribution in [2.75, 3.05) is 26.8 Å². The van der Waals surface area contributed by atoms with E-state index in [1.54, 1.807) is 11.9 Å². The first-order valence-corrected chi connectivity index (χ1v) is 7.27. The summed E-state index contributed by atoms with van der Waals surface area (Å²) in [6.07, 6.45) is 3.19. The van der Waals surface area contributed by atoms with Crippen LogP contribution in [0.1, 0.15) is 32.6 Å². The molecule has 0 spiro atoms. The molecule has 1 fully saturated rings. The third kappa shape index (κ3) is 4.45. The van der Waals surface area contributed by atoms with Crippen molar-refractivity contribution in [1.29, 1.82) is 0 Å². The van der Waals surface area contributed by atoms with E-state index in [0.29, 0.717) is 25.5 Å². The van der Waals surface area contributed by atoms with E-state index in [9.17, 15) is 9.59 Å². The van der Waals surface area contributed by atoms with Crippen LogP contribution in [-0.4, -0.2) is 54.7 Å². The van der Waals surface area contributed by atoms with Gasteiger partial charge in [0.05, 0.1) is 19.3 Å². The molecule has 1 aliphatic rings. The molecular formula is C14H26N2O4. The van der Waals surface area contributed by atoms with Crippen molar-refractivity contribution in [2.45, 2.75) is 38.6 Å². The second-order valence-corrected chi connectivity index (χ2v) is 5.44. The zero-order valence-corrected chi connectivity index (χ0v) is 12.4. The van der Waals surface area contributed by atoms with E-state index in [1.807, 2.05) is 0 Å². The minimum atomic E-state index is -0.901. The summed E-state index contributed by atoms with van der Waals surface area (Å²) in [5.74, 6) is -1.06. The van der Waals surface area contributed by atoms with Crippen molar-refractivity contribution in [3.05, 3.63) is 0 Å². The highest BCUT2D eigenvalue weighted by molar-refractivity contribution is 5.78. The van der Waals surface area contributed by atoms with E-state index in [4.69, 9.17) is 15.6 Å². The molecule has 1 amide bonds. The van der Waals surface area contributed by atoms with Gasteiger partial charge in [-0.3, -0.25) is 9.59 Å². The molecule has 0 aliphatic carbocycles. The minimum Gasteiger partial charge on any atom is -0.481 e. The van der Waals surface area contributed by atoms with E-state index in [0.717, 1.165) is 19.3 Å². The number of rotatable bonds is 8. The van der Waals surface area contributed by atoms with Gasteiger partial charge in [0.1, 0.15) is 5.92 Å². The lowest BCUT2D eigenvalue weighted by atomic mass is 9.96. The van der Waals surface area contributed by atoms with Crippen molar-refractivity contribution < 1.29 is 19.4 Å². The van der Waals surface area contributed by atoms with Gasteiger partial charge in [-0.25, -0.2) is 0 Å². The Morgan fingerprint density at radius 1 is 1.40 bits per heavy atom. The van der Waals surface area contributed by atoms with E-state index >= 15 is 0 Å². The zero-order chi connectivity index (χ0) is 15.1. The Kier molecular flexibility index (Phi) is 6.95. The normalized spacial score (nSPS) is 23.6. The van der Waals surface area contributed by atoms with Crippen LogP contribution >= 0.6 is 0 Å². The molecule has 6 heteroatoms. The molecule has 1 heterocycles. The van der Waals surface area contributed by atoms with Crippen LogP contribution in [0.25, 0.3) is 0 Å². The number of hydrogen-bond acceptors (Lipinski definition) is 4. The van der Waals surface area contributed by atoms with Crippen molar-refractivity contribution in [3.8, 4) is 0 Å². The van der Waals surface area contributed by atoms with Gasteiger partial charge >= 0.3 is 5.97 Å². The first-order chi connectivity index (χ1) is 9.51. The summed E-state index contributed by atoms with van der Waals surface area (Å²) in [7, 11) is 1.67. The Hall–Kier alpha value is -1.14. The Bertz CT molecular complexity index is 335. The van der Waals surface area contributed by atoms with Crippen molar-refractivity contribution in [2.24, 2.45) is 17.6 Å². The molecule has 3 atom stereocenters. The van der Waals surface area contributed by atoms with Crippen LogP contribution in [0.2, 0.25) is 0 Å². The third-order valence-electron chi connectivity index (χ3n) is 4.18. The molecule has 0 aromatic heterocycles. The zero-order valence-electron chi connectivity index (χ0n) is 12.4. The molecule has 3 N–H and O–H groups in total. The van der Waals surface area contributed by atoms with Gasteiger partial charge in [0.25, 0.3) is 0 Å². The SMILES string of the molecule is CCC(CCN)CCC(=O)N(C)C1COCC1C(=O)O. The Morgan fingerprint density at radius 2 is 2.10 bits per heavy atom. The number of carbonyl (C=O) groups excluding carboxylic acids is 1. The van der Waals surface area contributed by atoms with Crippen LogP contribution in [0.15, 0.2) is 0 Å². The highest BCUT2D eigenvalue weighted by atomic mass is 16.5. The highest BCUT2D eigenvalue weighted by Gasteiger charge is 2.38. The van der Waals surface area contributed by atoms with Gasteiger partial charge in [0.15, 0.2) is 0 Å². The Labute approximate surface area is 120 Å². The van der Waals surface area contributed by atoms with Crippen molar-refractivity contribution >= 4 is 11.9 Å². The highest BCUT2D eigenvalue weighted by Crippen LogP contribution is 2.21. The van der Waals surface area contributed by atoms with Crippen LogP contribution in [0, 0.1) is 11.8 Å². The topological polar surface area (TPSA) is 92.9 Å². The van der Waals surface area contributed by atoms with Gasteiger partial charge in [-0.2, -0.15) is 0 Å². The number of amides is 1.